The summed E-state index contributed by atoms with van der Waals surface area (Å²) in [5.74, 6) is -0.197. The fraction of sp³-hybridized carbons (Fsp3) is 0.385. The van der Waals surface area contributed by atoms with Gasteiger partial charge in [-0.05, 0) is 51.0 Å². The largest absolute Gasteiger partial charge is 0.573 e. The molecule has 0 saturated carbocycles. The maximum Gasteiger partial charge on any atom is 0.573 e. The monoisotopic (exact) mass is 518 g/mol. The number of urea groups is 1. The van der Waals surface area contributed by atoms with Crippen LogP contribution in [0.4, 0.5) is 29.3 Å². The topological polar surface area (TPSA) is 57.7 Å². The van der Waals surface area contributed by atoms with Crippen LogP contribution in [0.15, 0.2) is 53.9 Å². The number of benzene rings is 2. The number of ether oxygens (including phenoxy) is 1. The number of halogens is 3. The fourth-order valence-corrected chi connectivity index (χ4v) is 5.35. The molecular weight excluding hydrogens is 489 g/mol. The normalized spacial score (nSPS) is 14.5. The highest BCUT2D eigenvalue weighted by Crippen LogP contribution is 2.34. The Hall–Kier alpha value is -3.27. The van der Waals surface area contributed by atoms with Crippen molar-refractivity contribution in [3.8, 4) is 17.0 Å². The maximum absolute atomic E-state index is 12.7. The van der Waals surface area contributed by atoms with Crippen LogP contribution in [-0.2, 0) is 0 Å². The van der Waals surface area contributed by atoms with Gasteiger partial charge in [0, 0.05) is 48.7 Å². The van der Waals surface area contributed by atoms with Gasteiger partial charge in [0.2, 0.25) is 0 Å². The summed E-state index contributed by atoms with van der Waals surface area (Å²) in [4.78, 5) is 21.5. The van der Waals surface area contributed by atoms with Gasteiger partial charge in [-0.1, -0.05) is 24.3 Å². The van der Waals surface area contributed by atoms with Crippen LogP contribution in [0.25, 0.3) is 11.3 Å². The molecule has 1 aliphatic heterocycles. The van der Waals surface area contributed by atoms with Gasteiger partial charge in [-0.25, -0.2) is 9.78 Å². The van der Waals surface area contributed by atoms with Crippen molar-refractivity contribution in [3.63, 3.8) is 0 Å². The Balaban J connectivity index is 1.34. The number of rotatable bonds is 7. The van der Waals surface area contributed by atoms with Crippen molar-refractivity contribution in [1.29, 1.82) is 0 Å². The van der Waals surface area contributed by atoms with Crippen LogP contribution in [0, 0.1) is 0 Å². The van der Waals surface area contributed by atoms with E-state index in [4.69, 9.17) is 4.98 Å². The molecule has 1 fully saturated rings. The van der Waals surface area contributed by atoms with Crippen LogP contribution in [0.3, 0.4) is 0 Å². The fourth-order valence-electron chi connectivity index (χ4n) is 4.35. The van der Waals surface area contributed by atoms with E-state index in [9.17, 15) is 18.0 Å². The second kappa shape index (κ2) is 11.2. The number of amides is 2. The zero-order chi connectivity index (χ0) is 25.7. The number of nitrogens with zero attached hydrogens (tertiary/aromatic N) is 3. The molecule has 0 aliphatic carbocycles. The Morgan fingerprint density at radius 2 is 1.78 bits per heavy atom. The first kappa shape index (κ1) is 25.8. The number of thiazole rings is 1. The molecule has 0 spiro atoms. The molecule has 36 heavy (non-hydrogen) atoms. The molecule has 192 valence electrons. The highest BCUT2D eigenvalue weighted by atomic mass is 32.1. The van der Waals surface area contributed by atoms with E-state index in [1.165, 1.54) is 23.9 Å². The summed E-state index contributed by atoms with van der Waals surface area (Å²) >= 11 is 1.63. The van der Waals surface area contributed by atoms with Gasteiger partial charge in [0.15, 0.2) is 5.75 Å². The van der Waals surface area contributed by atoms with E-state index in [2.05, 4.69) is 58.4 Å². The minimum Gasteiger partial charge on any atom is -0.404 e. The van der Waals surface area contributed by atoms with Gasteiger partial charge in [0.05, 0.1) is 16.4 Å². The molecule has 0 bridgehead atoms. The zero-order valence-corrected chi connectivity index (χ0v) is 21.0. The Morgan fingerprint density at radius 3 is 2.42 bits per heavy atom. The van der Waals surface area contributed by atoms with Crippen LogP contribution in [0.2, 0.25) is 0 Å². The lowest BCUT2D eigenvalue weighted by Gasteiger charge is -2.31. The second-order valence-corrected chi connectivity index (χ2v) is 9.42. The maximum atomic E-state index is 12.7. The summed E-state index contributed by atoms with van der Waals surface area (Å²) in [5, 5.41) is 5.66. The van der Waals surface area contributed by atoms with Crippen molar-refractivity contribution < 1.29 is 22.7 Å². The summed E-state index contributed by atoms with van der Waals surface area (Å²) in [6.07, 6.45) is -3.36. The van der Waals surface area contributed by atoms with Crippen LogP contribution in [0.1, 0.15) is 37.6 Å². The van der Waals surface area contributed by atoms with E-state index in [1.807, 2.05) is 0 Å². The van der Waals surface area contributed by atoms with Crippen LogP contribution in [0.5, 0.6) is 5.75 Å². The molecule has 1 aromatic heterocycles. The summed E-state index contributed by atoms with van der Waals surface area (Å²) < 4.78 is 42.0. The molecule has 0 unspecified atom stereocenters. The van der Waals surface area contributed by atoms with Crippen molar-refractivity contribution in [2.24, 2.45) is 0 Å². The molecule has 3 aromatic rings. The summed E-state index contributed by atoms with van der Waals surface area (Å²) in [6.45, 7) is 7.18. The van der Waals surface area contributed by atoms with Crippen molar-refractivity contribution >= 4 is 28.7 Å². The van der Waals surface area contributed by atoms with E-state index in [0.29, 0.717) is 13.1 Å². The Bertz CT molecular complexity index is 1150. The lowest BCUT2D eigenvalue weighted by Crippen LogP contribution is -2.40. The smallest absolute Gasteiger partial charge is 0.404 e. The van der Waals surface area contributed by atoms with Gasteiger partial charge in [-0.15, -0.1) is 24.5 Å². The highest BCUT2D eigenvalue weighted by molar-refractivity contribution is 7.10. The van der Waals surface area contributed by atoms with Gasteiger partial charge in [-0.2, -0.15) is 0 Å². The Labute approximate surface area is 212 Å². The molecule has 10 heteroatoms. The predicted molar refractivity (Wildman–Crippen MR) is 137 cm³/mol. The van der Waals surface area contributed by atoms with E-state index in [-0.39, 0.29) is 11.6 Å². The molecule has 2 aromatic carbocycles. The number of anilines is 2. The average molecular weight is 519 g/mol. The van der Waals surface area contributed by atoms with E-state index in [0.717, 1.165) is 42.2 Å². The highest BCUT2D eigenvalue weighted by Gasteiger charge is 2.33. The number of aromatic nitrogens is 1. The molecule has 2 heterocycles. The van der Waals surface area contributed by atoms with Gasteiger partial charge < -0.3 is 19.9 Å². The zero-order valence-electron chi connectivity index (χ0n) is 20.2. The number of piperidine rings is 1. The van der Waals surface area contributed by atoms with Gasteiger partial charge >= 0.3 is 12.4 Å². The predicted octanol–water partition coefficient (Wildman–Crippen LogP) is 6.97. The quantitative estimate of drug-likeness (QED) is 0.367. The first-order valence-electron chi connectivity index (χ1n) is 12.0. The van der Waals surface area contributed by atoms with E-state index < -0.39 is 18.1 Å². The van der Waals surface area contributed by atoms with Crippen molar-refractivity contribution in [2.75, 3.05) is 36.4 Å². The number of carbonyl (C=O) groups is 1. The number of para-hydroxylation sites is 2. The van der Waals surface area contributed by atoms with Gasteiger partial charge in [0.25, 0.3) is 0 Å². The van der Waals surface area contributed by atoms with Crippen molar-refractivity contribution in [2.45, 2.75) is 39.0 Å². The molecule has 2 amide bonds. The molecule has 1 saturated heterocycles. The molecule has 0 radical (unpaired) electrons. The number of hydrogen-bond acceptors (Lipinski definition) is 5. The van der Waals surface area contributed by atoms with E-state index >= 15 is 0 Å². The second-order valence-electron chi connectivity index (χ2n) is 8.53. The van der Waals surface area contributed by atoms with Crippen LogP contribution < -0.4 is 15.0 Å². The third kappa shape index (κ3) is 6.29. The van der Waals surface area contributed by atoms with Crippen molar-refractivity contribution in [1.82, 2.24) is 9.88 Å². The Morgan fingerprint density at radius 1 is 1.11 bits per heavy atom. The Kier molecular flexibility index (Phi) is 8.03. The SMILES string of the molecule is CCN(CC)c1ccc(-c2csc(C3CCN(C(=O)Nc4ccccc4OC(F)(F)F)CC3)n2)cc1. The number of hydrogen-bond donors (Lipinski definition) is 1. The number of alkyl halides is 3. The minimum absolute atomic E-state index is 0.0153. The minimum atomic E-state index is -4.83. The van der Waals surface area contributed by atoms with Crippen molar-refractivity contribution in [3.05, 3.63) is 58.9 Å². The molecule has 6 nitrogen and oxygen atoms in total. The lowest BCUT2D eigenvalue weighted by atomic mass is 9.98. The van der Waals surface area contributed by atoms with Gasteiger partial charge in [-0.3, -0.25) is 0 Å². The van der Waals surface area contributed by atoms with E-state index in [1.54, 1.807) is 22.3 Å². The first-order chi connectivity index (χ1) is 17.3. The first-order valence-corrected chi connectivity index (χ1v) is 12.9. The lowest BCUT2D eigenvalue weighted by molar-refractivity contribution is -0.274. The molecule has 1 aliphatic rings. The van der Waals surface area contributed by atoms with Gasteiger partial charge in [0.1, 0.15) is 0 Å². The summed E-state index contributed by atoms with van der Waals surface area (Å²) in [7, 11) is 0. The third-order valence-electron chi connectivity index (χ3n) is 6.30. The molecule has 0 atom stereocenters. The number of likely N-dealkylation sites (tertiary alicyclic amines) is 1. The molecule has 4 rings (SSSR count). The standard InChI is InChI=1S/C26H29F3N4O2S/c1-3-32(4-2)20-11-9-18(10-12-20)22-17-36-24(30-22)19-13-15-33(16-14-19)25(34)31-21-7-5-6-8-23(21)35-26(27,28)29/h5-12,17,19H,3-4,13-16H2,1-2H3,(H,31,34). The summed E-state index contributed by atoms with van der Waals surface area (Å²) in [6, 6.07) is 13.5. The number of carbonyl (C=O) groups excluding carboxylic acids is 1. The van der Waals surface area contributed by atoms with Crippen LogP contribution in [-0.4, -0.2) is 48.5 Å². The average Bonchev–Trinajstić information content (AvgIpc) is 3.36. The molecular formula is C26H29F3N4O2S. The summed E-state index contributed by atoms with van der Waals surface area (Å²) in [5.41, 5.74) is 3.20. The third-order valence-corrected chi connectivity index (χ3v) is 7.31. The molecule has 1 N–H and O–H groups in total. The van der Waals surface area contributed by atoms with Crippen LogP contribution >= 0.6 is 11.3 Å². The number of nitrogens with one attached hydrogen (secondary N) is 1.